The second-order valence-corrected chi connectivity index (χ2v) is 9.22. The molecule has 0 amide bonds. The minimum Gasteiger partial charge on any atom is -0.486 e. The van der Waals surface area contributed by atoms with E-state index in [2.05, 4.69) is 4.72 Å². The molecule has 0 radical (unpaired) electrons. The van der Waals surface area contributed by atoms with Gasteiger partial charge >= 0.3 is 0 Å². The Morgan fingerprint density at radius 3 is 2.29 bits per heavy atom. The Balaban J connectivity index is 2.18. The van der Waals surface area contributed by atoms with E-state index in [0.717, 1.165) is 14.9 Å². The lowest BCUT2D eigenvalue weighted by atomic mass is 10.2. The van der Waals surface area contributed by atoms with Crippen molar-refractivity contribution >= 4 is 25.9 Å². The molecule has 0 atom stereocenters. The molecule has 0 spiro atoms. The smallest absolute Gasteiger partial charge is 0.278 e. The second-order valence-electron chi connectivity index (χ2n) is 5.34. The van der Waals surface area contributed by atoms with Crippen molar-refractivity contribution in [2.75, 3.05) is 51.0 Å². The largest absolute Gasteiger partial charge is 0.486 e. The van der Waals surface area contributed by atoms with Gasteiger partial charge in [-0.15, -0.1) is 0 Å². The summed E-state index contributed by atoms with van der Waals surface area (Å²) in [5.41, 5.74) is 0.380. The van der Waals surface area contributed by atoms with Crippen LogP contribution >= 0.6 is 0 Å². The Morgan fingerprint density at radius 1 is 1.08 bits per heavy atom. The SMILES string of the molecule is CN(C)S(=O)(=O)NCCN(c1ccc2c(c1)OCCO2)S(C)(=O)=O. The first-order valence-electron chi connectivity index (χ1n) is 7.16. The van der Waals surface area contributed by atoms with E-state index in [-0.39, 0.29) is 13.1 Å². The summed E-state index contributed by atoms with van der Waals surface area (Å²) in [6.45, 7) is 0.708. The standard InChI is InChI=1S/C13H21N3O6S2/c1-15(2)24(19,20)14-6-7-16(23(3,17)18)11-4-5-12-13(10-11)22-9-8-21-12/h4-5,10,14H,6-9H2,1-3H3. The number of benzene rings is 1. The molecule has 0 aromatic heterocycles. The van der Waals surface area contributed by atoms with Crippen LogP contribution in [0.4, 0.5) is 5.69 Å². The molecule has 0 bridgehead atoms. The molecule has 0 aliphatic carbocycles. The van der Waals surface area contributed by atoms with Crippen molar-refractivity contribution in [3.05, 3.63) is 18.2 Å². The van der Waals surface area contributed by atoms with Crippen molar-refractivity contribution in [2.45, 2.75) is 0 Å². The van der Waals surface area contributed by atoms with E-state index in [9.17, 15) is 16.8 Å². The maximum Gasteiger partial charge on any atom is 0.278 e. The molecule has 0 saturated heterocycles. The van der Waals surface area contributed by atoms with Crippen LogP contribution in [0.5, 0.6) is 11.5 Å². The topological polar surface area (TPSA) is 105 Å². The molecule has 2 rings (SSSR count). The van der Waals surface area contributed by atoms with Gasteiger partial charge in [0, 0.05) is 33.3 Å². The number of hydrogen-bond donors (Lipinski definition) is 1. The highest BCUT2D eigenvalue weighted by atomic mass is 32.2. The monoisotopic (exact) mass is 379 g/mol. The molecule has 1 aromatic carbocycles. The van der Waals surface area contributed by atoms with Crippen LogP contribution in [0.3, 0.4) is 0 Å². The van der Waals surface area contributed by atoms with Crippen molar-refractivity contribution in [1.29, 1.82) is 0 Å². The molecule has 9 nitrogen and oxygen atoms in total. The number of anilines is 1. The molecule has 0 unspecified atom stereocenters. The summed E-state index contributed by atoms with van der Waals surface area (Å²) in [5, 5.41) is 0. The predicted molar refractivity (Wildman–Crippen MR) is 90.2 cm³/mol. The summed E-state index contributed by atoms with van der Waals surface area (Å²) in [7, 11) is -4.44. The van der Waals surface area contributed by atoms with E-state index >= 15 is 0 Å². The lowest BCUT2D eigenvalue weighted by molar-refractivity contribution is 0.171. The van der Waals surface area contributed by atoms with Gasteiger partial charge in [0.2, 0.25) is 10.0 Å². The average Bonchev–Trinajstić information content (AvgIpc) is 2.49. The molecular formula is C13H21N3O6S2. The third-order valence-corrected chi connectivity index (χ3v) is 6.02. The maximum absolute atomic E-state index is 12.1. The number of ether oxygens (including phenoxy) is 2. The predicted octanol–water partition coefficient (Wildman–Crippen LogP) is -0.380. The Morgan fingerprint density at radius 2 is 1.71 bits per heavy atom. The van der Waals surface area contributed by atoms with Crippen LogP contribution in [-0.4, -0.2) is 67.8 Å². The normalized spacial score (nSPS) is 14.7. The zero-order chi connectivity index (χ0) is 18.0. The van der Waals surface area contributed by atoms with Gasteiger partial charge in [0.1, 0.15) is 13.2 Å². The van der Waals surface area contributed by atoms with Crippen LogP contribution < -0.4 is 18.5 Å². The summed E-state index contributed by atoms with van der Waals surface area (Å²) in [6, 6.07) is 4.79. The van der Waals surface area contributed by atoms with Crippen molar-refractivity contribution < 1.29 is 26.3 Å². The zero-order valence-electron chi connectivity index (χ0n) is 13.7. The van der Waals surface area contributed by atoms with Crippen LogP contribution in [0, 0.1) is 0 Å². The van der Waals surface area contributed by atoms with E-state index in [0.29, 0.717) is 30.4 Å². The molecule has 136 valence electrons. The van der Waals surface area contributed by atoms with Crippen LogP contribution in [0.1, 0.15) is 0 Å². The quantitative estimate of drug-likeness (QED) is 0.692. The molecule has 1 N–H and O–H groups in total. The maximum atomic E-state index is 12.1. The number of fused-ring (bicyclic) bond motifs is 1. The van der Waals surface area contributed by atoms with Gasteiger partial charge in [0.15, 0.2) is 11.5 Å². The van der Waals surface area contributed by atoms with Gasteiger partial charge in [-0.25, -0.2) is 13.1 Å². The van der Waals surface area contributed by atoms with Gasteiger partial charge < -0.3 is 9.47 Å². The lowest BCUT2D eigenvalue weighted by Crippen LogP contribution is -2.42. The Hall–Kier alpha value is -1.56. The van der Waals surface area contributed by atoms with Crippen molar-refractivity contribution in [3.63, 3.8) is 0 Å². The van der Waals surface area contributed by atoms with Crippen molar-refractivity contribution in [3.8, 4) is 11.5 Å². The first-order chi connectivity index (χ1) is 11.1. The molecule has 1 heterocycles. The van der Waals surface area contributed by atoms with E-state index in [1.54, 1.807) is 18.2 Å². The van der Waals surface area contributed by atoms with Gasteiger partial charge in [0.25, 0.3) is 10.2 Å². The van der Waals surface area contributed by atoms with Gasteiger partial charge in [-0.3, -0.25) is 4.31 Å². The molecule has 0 fully saturated rings. The van der Waals surface area contributed by atoms with Crippen LogP contribution in [0.25, 0.3) is 0 Å². The van der Waals surface area contributed by atoms with Gasteiger partial charge in [-0.1, -0.05) is 0 Å². The van der Waals surface area contributed by atoms with Crippen LogP contribution in [0.2, 0.25) is 0 Å². The fourth-order valence-corrected chi connectivity index (χ4v) is 3.61. The van der Waals surface area contributed by atoms with E-state index < -0.39 is 20.2 Å². The molecule has 1 aromatic rings. The molecule has 11 heteroatoms. The summed E-state index contributed by atoms with van der Waals surface area (Å²) in [4.78, 5) is 0. The molecular weight excluding hydrogens is 358 g/mol. The number of nitrogens with one attached hydrogen (secondary N) is 1. The Bertz CT molecular complexity index is 792. The number of sulfonamides is 1. The molecule has 24 heavy (non-hydrogen) atoms. The summed E-state index contributed by atoms with van der Waals surface area (Å²) in [5.74, 6) is 1.01. The number of rotatable bonds is 7. The Labute approximate surface area is 142 Å². The highest BCUT2D eigenvalue weighted by molar-refractivity contribution is 7.92. The van der Waals surface area contributed by atoms with Crippen molar-refractivity contribution in [2.24, 2.45) is 0 Å². The molecule has 1 aliphatic heterocycles. The van der Waals surface area contributed by atoms with Gasteiger partial charge in [0.05, 0.1) is 11.9 Å². The highest BCUT2D eigenvalue weighted by Crippen LogP contribution is 2.34. The zero-order valence-corrected chi connectivity index (χ0v) is 15.4. The number of nitrogens with zero attached hydrogens (tertiary/aromatic N) is 2. The summed E-state index contributed by atoms with van der Waals surface area (Å²) in [6.07, 6.45) is 1.06. The van der Waals surface area contributed by atoms with Gasteiger partial charge in [-0.2, -0.15) is 12.7 Å². The second kappa shape index (κ2) is 7.13. The van der Waals surface area contributed by atoms with E-state index in [1.807, 2.05) is 0 Å². The van der Waals surface area contributed by atoms with Crippen molar-refractivity contribution in [1.82, 2.24) is 9.03 Å². The van der Waals surface area contributed by atoms with Gasteiger partial charge in [-0.05, 0) is 12.1 Å². The summed E-state index contributed by atoms with van der Waals surface area (Å²) >= 11 is 0. The minimum absolute atomic E-state index is 0.0501. The van der Waals surface area contributed by atoms with Crippen LogP contribution in [-0.2, 0) is 20.2 Å². The average molecular weight is 379 g/mol. The minimum atomic E-state index is -3.62. The Kier molecular flexibility index (Phi) is 5.58. The summed E-state index contributed by atoms with van der Waals surface area (Å²) < 4.78 is 62.8. The molecule has 0 saturated carbocycles. The first-order valence-corrected chi connectivity index (χ1v) is 10.4. The molecule has 1 aliphatic rings. The lowest BCUT2D eigenvalue weighted by Gasteiger charge is -2.25. The van der Waals surface area contributed by atoms with Crippen LogP contribution in [0.15, 0.2) is 18.2 Å². The third kappa shape index (κ3) is 4.50. The van der Waals surface area contributed by atoms with E-state index in [1.165, 1.54) is 14.1 Å². The highest BCUT2D eigenvalue weighted by Gasteiger charge is 2.21. The third-order valence-electron chi connectivity index (χ3n) is 3.29. The van der Waals surface area contributed by atoms with E-state index in [4.69, 9.17) is 9.47 Å². The number of hydrogen-bond acceptors (Lipinski definition) is 6. The fourth-order valence-electron chi connectivity index (χ4n) is 2.08. The fraction of sp³-hybridized carbons (Fsp3) is 0.538. The first kappa shape index (κ1) is 18.8.